The Bertz CT molecular complexity index is 1100. The maximum absolute atomic E-state index is 12.5. The first-order valence-electron chi connectivity index (χ1n) is 9.84. The van der Waals surface area contributed by atoms with Gasteiger partial charge in [-0.2, -0.15) is 0 Å². The molecule has 0 amide bonds. The van der Waals surface area contributed by atoms with Crippen LogP contribution in [0.3, 0.4) is 0 Å². The Morgan fingerprint density at radius 2 is 1.83 bits per heavy atom. The van der Waals surface area contributed by atoms with Crippen LogP contribution in [-0.4, -0.2) is 32.1 Å². The summed E-state index contributed by atoms with van der Waals surface area (Å²) in [5.41, 5.74) is 1.58. The molecule has 2 aromatic heterocycles. The summed E-state index contributed by atoms with van der Waals surface area (Å²) in [5, 5.41) is 0. The number of ether oxygens (including phenoxy) is 1. The van der Waals surface area contributed by atoms with E-state index in [9.17, 15) is 19.2 Å². The van der Waals surface area contributed by atoms with Gasteiger partial charge in [-0.05, 0) is 38.3 Å². The fraction of sp³-hybridized carbons (Fsp3) is 0.455. The molecule has 2 heterocycles. The van der Waals surface area contributed by atoms with Crippen LogP contribution in [0.5, 0.6) is 0 Å². The quantitative estimate of drug-likeness (QED) is 0.373. The lowest BCUT2D eigenvalue weighted by Gasteiger charge is -2.11. The zero-order chi connectivity index (χ0) is 22.6. The van der Waals surface area contributed by atoms with Crippen LogP contribution in [0.1, 0.15) is 47.6 Å². The van der Waals surface area contributed by atoms with E-state index >= 15 is 0 Å². The molecule has 162 valence electrons. The maximum Gasteiger partial charge on any atom is 0.331 e. The molecule has 8 nitrogen and oxygen atoms in total. The Hall–Kier alpha value is -3.16. The first-order valence-corrected chi connectivity index (χ1v) is 9.84. The number of carbonyl (C=O) groups is 2. The molecule has 2 aromatic rings. The molecule has 0 unspecified atom stereocenters. The summed E-state index contributed by atoms with van der Waals surface area (Å²) in [4.78, 5) is 48.3. The third-order valence-electron chi connectivity index (χ3n) is 5.02. The minimum absolute atomic E-state index is 0.163. The number of rotatable bonds is 8. The van der Waals surface area contributed by atoms with Crippen molar-refractivity contribution in [2.75, 3.05) is 6.61 Å². The van der Waals surface area contributed by atoms with E-state index in [1.165, 1.54) is 30.9 Å². The highest BCUT2D eigenvalue weighted by Crippen LogP contribution is 2.17. The molecule has 0 aromatic carbocycles. The number of aryl methyl sites for hydroxylation is 2. The fourth-order valence-electron chi connectivity index (χ4n) is 3.19. The van der Waals surface area contributed by atoms with Crippen LogP contribution in [0, 0.1) is 19.8 Å². The van der Waals surface area contributed by atoms with Gasteiger partial charge in [0.05, 0.1) is 5.56 Å². The molecule has 0 aliphatic rings. The molecule has 0 radical (unpaired) electrons. The summed E-state index contributed by atoms with van der Waals surface area (Å²) in [6.45, 7) is 8.59. The Morgan fingerprint density at radius 1 is 1.17 bits per heavy atom. The molecule has 0 saturated carbocycles. The van der Waals surface area contributed by atoms with Crippen LogP contribution < -0.4 is 11.2 Å². The molecule has 30 heavy (non-hydrogen) atoms. The predicted octanol–water partition coefficient (Wildman–Crippen LogP) is 1.99. The highest BCUT2D eigenvalue weighted by Gasteiger charge is 2.17. The third-order valence-corrected chi connectivity index (χ3v) is 5.02. The van der Waals surface area contributed by atoms with Crippen LogP contribution in [0.25, 0.3) is 6.08 Å². The number of carbonyl (C=O) groups excluding carboxylic acids is 2. The highest BCUT2D eigenvalue weighted by molar-refractivity contribution is 6.00. The second kappa shape index (κ2) is 9.56. The zero-order valence-electron chi connectivity index (χ0n) is 18.4. The first kappa shape index (κ1) is 23.1. The van der Waals surface area contributed by atoms with Gasteiger partial charge in [0.1, 0.15) is 0 Å². The molecular weight excluding hydrogens is 386 g/mol. The van der Waals surface area contributed by atoms with Gasteiger partial charge in [-0.15, -0.1) is 0 Å². The van der Waals surface area contributed by atoms with Gasteiger partial charge in [0, 0.05) is 49.9 Å². The van der Waals surface area contributed by atoms with E-state index in [2.05, 4.69) is 18.4 Å². The highest BCUT2D eigenvalue weighted by atomic mass is 16.5. The Labute approximate surface area is 175 Å². The summed E-state index contributed by atoms with van der Waals surface area (Å²) in [7, 11) is 2.87. The second-order valence-corrected chi connectivity index (χ2v) is 7.83. The summed E-state index contributed by atoms with van der Waals surface area (Å²) in [6.07, 6.45) is 4.69. The number of hydrogen-bond acceptors (Lipinski definition) is 5. The molecule has 0 N–H and O–H groups in total. The average Bonchev–Trinajstić information content (AvgIpc) is 2.98. The van der Waals surface area contributed by atoms with E-state index in [1.807, 2.05) is 19.9 Å². The number of hydrogen-bond donors (Lipinski definition) is 0. The van der Waals surface area contributed by atoms with E-state index < -0.39 is 17.2 Å². The van der Waals surface area contributed by atoms with Gasteiger partial charge in [-0.25, -0.2) is 9.59 Å². The van der Waals surface area contributed by atoms with Gasteiger partial charge < -0.3 is 13.9 Å². The molecule has 2 rings (SSSR count). The summed E-state index contributed by atoms with van der Waals surface area (Å²) in [6, 6.07) is 1.82. The molecule has 0 spiro atoms. The normalized spacial score (nSPS) is 11.4. The first-order chi connectivity index (χ1) is 14.0. The standard InChI is InChI=1S/C22H29N3O5/c1-14(2)9-10-25-15(3)11-18(16(25)4)19(26)13-30-20(27)8-7-17-12-23(5)22(29)24(6)21(17)28/h7-8,11-12,14H,9-10,13H2,1-6H3/b8-7+. The van der Waals surface area contributed by atoms with Gasteiger partial charge in [0.15, 0.2) is 6.61 Å². The van der Waals surface area contributed by atoms with Crippen molar-refractivity contribution in [1.82, 2.24) is 13.7 Å². The Morgan fingerprint density at radius 3 is 2.47 bits per heavy atom. The van der Waals surface area contributed by atoms with Gasteiger partial charge >= 0.3 is 11.7 Å². The van der Waals surface area contributed by atoms with Crippen molar-refractivity contribution in [1.29, 1.82) is 0 Å². The van der Waals surface area contributed by atoms with Crippen molar-refractivity contribution < 1.29 is 14.3 Å². The van der Waals surface area contributed by atoms with E-state index in [1.54, 1.807) is 0 Å². The Balaban J connectivity index is 2.04. The third kappa shape index (κ3) is 5.25. The van der Waals surface area contributed by atoms with Crippen molar-refractivity contribution in [3.05, 3.63) is 61.7 Å². The monoisotopic (exact) mass is 415 g/mol. The van der Waals surface area contributed by atoms with Crippen LogP contribution in [-0.2, 0) is 30.2 Å². The second-order valence-electron chi connectivity index (χ2n) is 7.83. The topological polar surface area (TPSA) is 92.3 Å². The predicted molar refractivity (Wildman–Crippen MR) is 115 cm³/mol. The minimum Gasteiger partial charge on any atom is -0.454 e. The molecule has 0 aliphatic carbocycles. The SMILES string of the molecule is Cc1cc(C(=O)COC(=O)/C=C/c2cn(C)c(=O)n(C)c2=O)c(C)n1CCC(C)C. The van der Waals surface area contributed by atoms with Crippen LogP contribution in [0.2, 0.25) is 0 Å². The van der Waals surface area contributed by atoms with Crippen molar-refractivity contribution in [3.63, 3.8) is 0 Å². The van der Waals surface area contributed by atoms with Crippen LogP contribution >= 0.6 is 0 Å². The fourth-order valence-corrected chi connectivity index (χ4v) is 3.19. The van der Waals surface area contributed by atoms with Crippen LogP contribution in [0.15, 0.2) is 27.9 Å². The van der Waals surface area contributed by atoms with Crippen molar-refractivity contribution in [3.8, 4) is 0 Å². The molecule has 0 bridgehead atoms. The summed E-state index contributed by atoms with van der Waals surface area (Å²) >= 11 is 0. The number of ketones is 1. The molecule has 8 heteroatoms. The largest absolute Gasteiger partial charge is 0.454 e. The lowest BCUT2D eigenvalue weighted by Crippen LogP contribution is -2.37. The molecule has 0 aliphatic heterocycles. The van der Waals surface area contributed by atoms with Gasteiger partial charge in [0.2, 0.25) is 5.78 Å². The smallest absolute Gasteiger partial charge is 0.331 e. The number of aromatic nitrogens is 3. The maximum atomic E-state index is 12.5. The number of esters is 1. The zero-order valence-corrected chi connectivity index (χ0v) is 18.4. The lowest BCUT2D eigenvalue weighted by atomic mass is 10.1. The van der Waals surface area contributed by atoms with E-state index in [0.29, 0.717) is 11.5 Å². The molecule has 0 atom stereocenters. The van der Waals surface area contributed by atoms with Crippen molar-refractivity contribution in [2.45, 2.75) is 40.7 Å². The molecule has 0 fully saturated rings. The molecule has 0 saturated heterocycles. The van der Waals surface area contributed by atoms with Gasteiger partial charge in [0.25, 0.3) is 5.56 Å². The lowest BCUT2D eigenvalue weighted by molar-refractivity contribution is -0.136. The van der Waals surface area contributed by atoms with Gasteiger partial charge in [-0.1, -0.05) is 13.8 Å². The Kier molecular flexibility index (Phi) is 7.37. The van der Waals surface area contributed by atoms with Crippen molar-refractivity contribution in [2.24, 2.45) is 20.0 Å². The van der Waals surface area contributed by atoms with Crippen molar-refractivity contribution >= 4 is 17.8 Å². The number of nitrogens with zero attached hydrogens (tertiary/aromatic N) is 3. The van der Waals surface area contributed by atoms with Gasteiger partial charge in [-0.3, -0.25) is 14.2 Å². The van der Waals surface area contributed by atoms with E-state index in [4.69, 9.17) is 4.74 Å². The van der Waals surface area contributed by atoms with E-state index in [0.717, 1.165) is 35.0 Å². The molecular formula is C22H29N3O5. The van der Waals surface area contributed by atoms with E-state index in [-0.39, 0.29) is 18.0 Å². The number of Topliss-reactive ketones (excluding diaryl/α,β-unsaturated/α-hetero) is 1. The summed E-state index contributed by atoms with van der Waals surface area (Å²) in [5.74, 6) is -0.464. The average molecular weight is 415 g/mol. The summed E-state index contributed by atoms with van der Waals surface area (Å²) < 4.78 is 9.34. The minimum atomic E-state index is -0.743. The van der Waals surface area contributed by atoms with Crippen LogP contribution in [0.4, 0.5) is 0 Å².